The van der Waals surface area contributed by atoms with Gasteiger partial charge in [0.2, 0.25) is 0 Å². The van der Waals surface area contributed by atoms with Gasteiger partial charge in [0, 0.05) is 33.4 Å². The van der Waals surface area contributed by atoms with E-state index < -0.39 is 0 Å². The number of nitrogens with one attached hydrogen (secondary N) is 2. The number of benzene rings is 1. The predicted octanol–water partition coefficient (Wildman–Crippen LogP) is 2.35. The van der Waals surface area contributed by atoms with Gasteiger partial charge in [-0.1, -0.05) is 12.1 Å². The molecule has 0 radical (unpaired) electrons. The summed E-state index contributed by atoms with van der Waals surface area (Å²) in [5, 5.41) is 6.47. The Balaban J connectivity index is 0.00000288. The first-order valence-electron chi connectivity index (χ1n) is 8.16. The van der Waals surface area contributed by atoms with Gasteiger partial charge in [0.25, 0.3) is 0 Å². The first-order valence-corrected chi connectivity index (χ1v) is 8.16. The van der Waals surface area contributed by atoms with Crippen LogP contribution in [0.4, 0.5) is 4.39 Å². The number of aliphatic imine (C=N–C) groups is 1. The van der Waals surface area contributed by atoms with E-state index >= 15 is 0 Å². The largest absolute Gasteiger partial charge is 0.379 e. The number of hydrogen-bond donors (Lipinski definition) is 2. The van der Waals surface area contributed by atoms with E-state index in [1.807, 2.05) is 6.07 Å². The summed E-state index contributed by atoms with van der Waals surface area (Å²) in [5.41, 5.74) is 0.972. The van der Waals surface area contributed by atoms with Gasteiger partial charge in [-0.25, -0.2) is 4.39 Å². The summed E-state index contributed by atoms with van der Waals surface area (Å²) in [5.74, 6) is 0.559. The highest BCUT2D eigenvalue weighted by molar-refractivity contribution is 14.0. The van der Waals surface area contributed by atoms with E-state index in [2.05, 4.69) is 15.6 Å². The summed E-state index contributed by atoms with van der Waals surface area (Å²) in [6.07, 6.45) is 2.93. The molecule has 7 heteroatoms. The van der Waals surface area contributed by atoms with Crippen LogP contribution in [0.25, 0.3) is 0 Å². The lowest BCUT2D eigenvalue weighted by molar-refractivity contribution is 0.0420. The molecular formula is C17H27FIN3O2. The Morgan fingerprint density at radius 2 is 2.21 bits per heavy atom. The fourth-order valence-corrected chi connectivity index (χ4v) is 2.41. The second-order valence-electron chi connectivity index (χ2n) is 5.52. The van der Waals surface area contributed by atoms with E-state index in [-0.39, 0.29) is 35.9 Å². The smallest absolute Gasteiger partial charge is 0.190 e. The third-order valence-corrected chi connectivity index (χ3v) is 3.67. The summed E-state index contributed by atoms with van der Waals surface area (Å²) >= 11 is 0. The first kappa shape index (κ1) is 21.1. The van der Waals surface area contributed by atoms with Crippen LogP contribution < -0.4 is 10.6 Å². The van der Waals surface area contributed by atoms with Crippen molar-refractivity contribution in [2.24, 2.45) is 4.99 Å². The topological polar surface area (TPSA) is 54.9 Å². The zero-order valence-electron chi connectivity index (χ0n) is 14.1. The van der Waals surface area contributed by atoms with Crippen molar-refractivity contribution >= 4 is 29.9 Å². The molecule has 5 nitrogen and oxygen atoms in total. The van der Waals surface area contributed by atoms with Crippen molar-refractivity contribution in [1.82, 2.24) is 10.6 Å². The highest BCUT2D eigenvalue weighted by atomic mass is 127. The van der Waals surface area contributed by atoms with Crippen molar-refractivity contribution < 1.29 is 13.9 Å². The van der Waals surface area contributed by atoms with Gasteiger partial charge in [0.1, 0.15) is 5.82 Å². The van der Waals surface area contributed by atoms with E-state index in [9.17, 15) is 4.39 Å². The molecule has 0 bridgehead atoms. The maximum absolute atomic E-state index is 13.1. The van der Waals surface area contributed by atoms with Crippen molar-refractivity contribution in [2.75, 3.05) is 40.0 Å². The highest BCUT2D eigenvalue weighted by Gasteiger charge is 2.15. The van der Waals surface area contributed by atoms with Crippen LogP contribution in [0.2, 0.25) is 0 Å². The fraction of sp³-hybridized carbons (Fsp3) is 0.588. The molecule has 1 saturated heterocycles. The SMILES string of the molecule is CN=C(NCCCOC1CCOC1)NCCc1cccc(F)c1.I. The Hall–Kier alpha value is -0.930. The maximum atomic E-state index is 13.1. The summed E-state index contributed by atoms with van der Waals surface area (Å²) in [7, 11) is 1.74. The average molecular weight is 451 g/mol. The summed E-state index contributed by atoms with van der Waals surface area (Å²) < 4.78 is 24.1. The summed E-state index contributed by atoms with van der Waals surface area (Å²) in [4.78, 5) is 4.17. The lowest BCUT2D eigenvalue weighted by Gasteiger charge is -2.13. The molecule has 0 saturated carbocycles. The molecule has 2 N–H and O–H groups in total. The second-order valence-corrected chi connectivity index (χ2v) is 5.52. The molecule has 1 aromatic rings. The average Bonchev–Trinajstić information content (AvgIpc) is 3.06. The van der Waals surface area contributed by atoms with Crippen molar-refractivity contribution in [1.29, 1.82) is 0 Å². The monoisotopic (exact) mass is 451 g/mol. The number of hydrogen-bond acceptors (Lipinski definition) is 3. The van der Waals surface area contributed by atoms with Crippen molar-refractivity contribution in [3.05, 3.63) is 35.6 Å². The molecule has 1 aliphatic heterocycles. The molecule has 0 aromatic heterocycles. The zero-order chi connectivity index (χ0) is 16.3. The van der Waals surface area contributed by atoms with Crippen LogP contribution in [0.3, 0.4) is 0 Å². The van der Waals surface area contributed by atoms with Crippen LogP contribution >= 0.6 is 24.0 Å². The molecule has 0 aliphatic carbocycles. The van der Waals surface area contributed by atoms with E-state index in [0.29, 0.717) is 6.54 Å². The lowest BCUT2D eigenvalue weighted by Crippen LogP contribution is -2.39. The lowest BCUT2D eigenvalue weighted by atomic mass is 10.1. The Kier molecular flexibility index (Phi) is 10.9. The summed E-state index contributed by atoms with van der Waals surface area (Å²) in [6.45, 7) is 3.76. The maximum Gasteiger partial charge on any atom is 0.190 e. The van der Waals surface area contributed by atoms with Gasteiger partial charge in [-0.2, -0.15) is 0 Å². The van der Waals surface area contributed by atoms with Crippen molar-refractivity contribution in [3.8, 4) is 0 Å². The number of guanidine groups is 1. The van der Waals surface area contributed by atoms with Gasteiger partial charge < -0.3 is 20.1 Å². The van der Waals surface area contributed by atoms with Gasteiger partial charge >= 0.3 is 0 Å². The molecule has 0 spiro atoms. The van der Waals surface area contributed by atoms with Gasteiger partial charge in [-0.15, -0.1) is 24.0 Å². The minimum absolute atomic E-state index is 0. The third kappa shape index (κ3) is 8.25. The third-order valence-electron chi connectivity index (χ3n) is 3.67. The quantitative estimate of drug-likeness (QED) is 0.276. The van der Waals surface area contributed by atoms with Crippen LogP contribution in [0.1, 0.15) is 18.4 Å². The molecule has 2 rings (SSSR count). The molecule has 1 aliphatic rings. The molecular weight excluding hydrogens is 424 g/mol. The summed E-state index contributed by atoms with van der Waals surface area (Å²) in [6, 6.07) is 6.66. The van der Waals surface area contributed by atoms with Gasteiger partial charge in [0.05, 0.1) is 12.7 Å². The number of halogens is 2. The standard InChI is InChI=1S/C17H26FN3O2.HI/c1-19-17(20-8-3-10-23-16-7-11-22-13-16)21-9-6-14-4-2-5-15(18)12-14;/h2,4-5,12,16H,3,6-11,13H2,1H3,(H2,19,20,21);1H. The predicted molar refractivity (Wildman–Crippen MR) is 105 cm³/mol. The minimum Gasteiger partial charge on any atom is -0.379 e. The van der Waals surface area contributed by atoms with E-state index in [1.54, 1.807) is 19.2 Å². The normalized spacial score (nSPS) is 17.4. The van der Waals surface area contributed by atoms with Gasteiger partial charge in [-0.3, -0.25) is 4.99 Å². The second kappa shape index (κ2) is 12.4. The van der Waals surface area contributed by atoms with Crippen molar-refractivity contribution in [2.45, 2.75) is 25.4 Å². The Labute approximate surface area is 160 Å². The molecule has 1 atom stereocenters. The highest BCUT2D eigenvalue weighted by Crippen LogP contribution is 2.07. The molecule has 1 unspecified atom stereocenters. The number of ether oxygens (including phenoxy) is 2. The van der Waals surface area contributed by atoms with Crippen LogP contribution in [-0.4, -0.2) is 52.0 Å². The molecule has 136 valence electrons. The first-order chi connectivity index (χ1) is 11.3. The Morgan fingerprint density at radius 3 is 2.92 bits per heavy atom. The number of rotatable bonds is 8. The van der Waals surface area contributed by atoms with Gasteiger partial charge in [0.15, 0.2) is 5.96 Å². The fourth-order valence-electron chi connectivity index (χ4n) is 2.41. The van der Waals surface area contributed by atoms with E-state index in [4.69, 9.17) is 9.47 Å². The molecule has 1 fully saturated rings. The molecule has 1 heterocycles. The molecule has 1 aromatic carbocycles. The Bertz CT molecular complexity index is 496. The van der Waals surface area contributed by atoms with E-state index in [0.717, 1.165) is 57.2 Å². The molecule has 0 amide bonds. The van der Waals surface area contributed by atoms with Crippen LogP contribution in [0.5, 0.6) is 0 Å². The Morgan fingerprint density at radius 1 is 1.38 bits per heavy atom. The van der Waals surface area contributed by atoms with Crippen LogP contribution in [0, 0.1) is 5.82 Å². The van der Waals surface area contributed by atoms with Crippen molar-refractivity contribution in [3.63, 3.8) is 0 Å². The van der Waals surface area contributed by atoms with Crippen LogP contribution in [-0.2, 0) is 15.9 Å². The van der Waals surface area contributed by atoms with Gasteiger partial charge in [-0.05, 0) is 37.0 Å². The zero-order valence-corrected chi connectivity index (χ0v) is 16.4. The minimum atomic E-state index is -0.197. The molecule has 24 heavy (non-hydrogen) atoms. The number of nitrogens with zero attached hydrogens (tertiary/aromatic N) is 1. The van der Waals surface area contributed by atoms with E-state index in [1.165, 1.54) is 6.07 Å². The van der Waals surface area contributed by atoms with Crippen LogP contribution in [0.15, 0.2) is 29.3 Å².